The van der Waals surface area contributed by atoms with Crippen molar-refractivity contribution in [1.29, 1.82) is 10.8 Å². The lowest BCUT2D eigenvalue weighted by atomic mass is 10.0. The van der Waals surface area contributed by atoms with Crippen LogP contribution in [0.5, 0.6) is 0 Å². The predicted molar refractivity (Wildman–Crippen MR) is 445 cm³/mol. The van der Waals surface area contributed by atoms with E-state index >= 15 is 24.0 Å². The highest BCUT2D eigenvalue weighted by atomic mass is 16.4. The van der Waals surface area contributed by atoms with E-state index in [1.807, 2.05) is 0 Å². The topological polar surface area (TPSA) is 687 Å². The molecule has 2 aromatic heterocycles. The number of carbonyl (C=O) groups excluding carboxylic acids is 14. The van der Waals surface area contributed by atoms with Gasteiger partial charge >= 0.3 is 17.9 Å². The summed E-state index contributed by atoms with van der Waals surface area (Å²) >= 11 is 0. The number of H-pyrrole nitrogens is 2. The number of hydrogen-bond donors (Lipinski definition) is 23. The Balaban J connectivity index is 1.19. The third-order valence-corrected chi connectivity index (χ3v) is 21.2. The number of carboxylic acids is 3. The molecular weight excluding hydrogens is 1620 g/mol. The fourth-order valence-corrected chi connectivity index (χ4v) is 14.9. The smallest absolute Gasteiger partial charge is 0.317 e. The SMILES string of the molecule is CC(=O)NC1CCCNC(=O)CCC(C(=O)N2CCCC2C(=O)N2CCCC2C(=O)NC(CCCNC(=N)N)C(=O)NC(CCC(=O)O)C(=O)NC(CCCCN(CC(=O)O)CC(=O)O)C(=O)NC(C(N)=O)C(C)C)NC(=O)C(Cc2c[nH]c3ccccc23)NC(=O)C(CCCNC(=N)N)NC(=O)C(Cc2ccccc2)NC(=O)C(Cc2cnc[nH]2)NC1=O. The van der Waals surface area contributed by atoms with Crippen LogP contribution in [0.25, 0.3) is 10.9 Å². The van der Waals surface area contributed by atoms with Gasteiger partial charge in [-0.25, -0.2) is 4.98 Å². The second-order valence-corrected chi connectivity index (χ2v) is 31.2. The Morgan fingerprint density at radius 2 is 1.14 bits per heavy atom. The molecule has 5 heterocycles. The minimum absolute atomic E-state index is 0.00633. The van der Waals surface area contributed by atoms with Gasteiger partial charge in [0.15, 0.2) is 11.9 Å². The summed E-state index contributed by atoms with van der Waals surface area (Å²) in [4.78, 5) is 252. The van der Waals surface area contributed by atoms with Crippen molar-refractivity contribution in [1.82, 2.24) is 98.8 Å². The lowest BCUT2D eigenvalue weighted by Crippen LogP contribution is -2.61. The number of carbonyl (C=O) groups is 17. The summed E-state index contributed by atoms with van der Waals surface area (Å²) in [6, 6.07) is -2.19. The first-order valence-electron chi connectivity index (χ1n) is 41.3. The van der Waals surface area contributed by atoms with Crippen LogP contribution < -0.4 is 86.3 Å². The average Bonchev–Trinajstić information content (AvgIpc) is 1.64. The molecule has 0 bridgehead atoms. The van der Waals surface area contributed by atoms with Crippen LogP contribution in [0.4, 0.5) is 0 Å². The van der Waals surface area contributed by atoms with Crippen molar-refractivity contribution in [2.24, 2.45) is 23.1 Å². The number of amides is 14. The zero-order chi connectivity index (χ0) is 90.7. The molecule has 3 aliphatic rings. The van der Waals surface area contributed by atoms with E-state index in [2.05, 4.69) is 84.1 Å². The van der Waals surface area contributed by atoms with E-state index in [0.717, 1.165) is 4.90 Å². The van der Waals surface area contributed by atoms with Gasteiger partial charge in [-0.3, -0.25) is 97.2 Å². The lowest BCUT2D eigenvalue weighted by Gasteiger charge is -2.34. The fourth-order valence-electron chi connectivity index (χ4n) is 14.9. The molecule has 7 rings (SSSR count). The quantitative estimate of drug-likeness (QED) is 0.0114. The molecule has 12 atom stereocenters. The number of aromatic amines is 2. The Bertz CT molecular complexity index is 4420. The summed E-state index contributed by atoms with van der Waals surface area (Å²) in [5.74, 6) is -17.7. The molecule has 12 unspecified atom stereocenters. The van der Waals surface area contributed by atoms with Crippen molar-refractivity contribution in [3.05, 3.63) is 90.1 Å². The van der Waals surface area contributed by atoms with E-state index in [1.54, 1.807) is 74.6 Å². The minimum Gasteiger partial charge on any atom is -0.481 e. The lowest BCUT2D eigenvalue weighted by molar-refractivity contribution is -0.148. The van der Waals surface area contributed by atoms with Gasteiger partial charge in [-0.15, -0.1) is 0 Å². The van der Waals surface area contributed by atoms with Crippen molar-refractivity contribution in [2.75, 3.05) is 52.4 Å². The summed E-state index contributed by atoms with van der Waals surface area (Å²) in [7, 11) is 0. The third-order valence-electron chi connectivity index (χ3n) is 21.2. The maximum absolute atomic E-state index is 15.7. The Labute approximate surface area is 714 Å². The highest BCUT2D eigenvalue weighted by Gasteiger charge is 2.46. The highest BCUT2D eigenvalue weighted by Crippen LogP contribution is 2.28. The Hall–Kier alpha value is -13.3. The summed E-state index contributed by atoms with van der Waals surface area (Å²) in [5.41, 5.74) is 18.9. The first-order chi connectivity index (χ1) is 59.0. The molecule has 3 saturated heterocycles. The van der Waals surface area contributed by atoms with Crippen molar-refractivity contribution in [2.45, 2.75) is 222 Å². The Kier molecular flexibility index (Phi) is 38.6. The fraction of sp³-hybridized carbons (Fsp3) is 0.550. The molecule has 26 N–H and O–H groups in total. The number of rotatable bonds is 39. The summed E-state index contributed by atoms with van der Waals surface area (Å²) < 4.78 is 0. The van der Waals surface area contributed by atoms with Crippen molar-refractivity contribution in [3.8, 4) is 0 Å². The maximum atomic E-state index is 15.7. The van der Waals surface area contributed by atoms with Gasteiger partial charge in [0.1, 0.15) is 72.5 Å². The molecule has 44 nitrogen and oxygen atoms in total. The van der Waals surface area contributed by atoms with Crippen LogP contribution in [-0.2, 0) is 101 Å². The van der Waals surface area contributed by atoms with Gasteiger partial charge in [-0.2, -0.15) is 0 Å². The van der Waals surface area contributed by atoms with Gasteiger partial charge < -0.3 is 121 Å². The van der Waals surface area contributed by atoms with Gasteiger partial charge in [0, 0.05) is 101 Å². The summed E-state index contributed by atoms with van der Waals surface area (Å²) in [6.07, 6.45) is 1.43. The third kappa shape index (κ3) is 31.6. The first kappa shape index (κ1) is 97.8. The number of aromatic nitrogens is 3. The number of likely N-dealkylation sites (tertiary alicyclic amines) is 2. The molecule has 2 aromatic carbocycles. The van der Waals surface area contributed by atoms with Gasteiger partial charge in [0.2, 0.25) is 82.7 Å². The number of fused-ring (bicyclic) bond motifs is 1. The molecule has 14 amide bonds. The highest BCUT2D eigenvalue weighted by molar-refractivity contribution is 6.01. The van der Waals surface area contributed by atoms with Crippen LogP contribution in [0.2, 0.25) is 0 Å². The number of nitrogens with two attached hydrogens (primary N) is 3. The van der Waals surface area contributed by atoms with E-state index < -0.39 is 230 Å². The zero-order valence-corrected chi connectivity index (χ0v) is 69.5. The number of guanidine groups is 2. The molecule has 4 aromatic rings. The van der Waals surface area contributed by atoms with Crippen LogP contribution in [0.1, 0.15) is 147 Å². The molecule has 0 saturated carbocycles. The minimum atomic E-state index is -1.76. The molecule has 676 valence electrons. The number of benzene rings is 2. The summed E-state index contributed by atoms with van der Waals surface area (Å²) in [5, 5.41) is 79.4. The normalized spacial score (nSPS) is 20.5. The first-order valence-corrected chi connectivity index (χ1v) is 41.3. The largest absolute Gasteiger partial charge is 0.481 e. The number of hydrogen-bond acceptors (Lipinski definition) is 21. The number of nitrogens with one attached hydrogen (secondary N) is 17. The number of carboxylic acid groups (broad SMARTS) is 3. The Morgan fingerprint density at radius 3 is 1.75 bits per heavy atom. The summed E-state index contributed by atoms with van der Waals surface area (Å²) in [6.45, 7) is 2.68. The van der Waals surface area contributed by atoms with Crippen LogP contribution in [0, 0.1) is 16.7 Å². The van der Waals surface area contributed by atoms with Crippen LogP contribution in [0.3, 0.4) is 0 Å². The van der Waals surface area contributed by atoms with Crippen LogP contribution in [-0.4, -0.2) is 282 Å². The standard InChI is InChI=1S/C80H116N24O20/c1-44(2)66(67(81)113)101-72(118)52(20-9-10-33-102(41-64(109)110)42-65(111)112)93-71(117)55(27-29-63(107)108)95-69(115)54(23-13-32-89-80(84)85)96-76(122)60-24-14-34-103(60)78(124)61-25-15-35-104(61)77(123)56-26-28-62(106)87-30-11-21-51(92-45(3)105)68(114)100-59(38-48-40-86-43-91-48)75(121)98-57(36-46-16-5-4-6-17-46)73(119)94-53(22-12-31-88-79(82)83)70(116)99-58(74(120)97-56)37-47-39-90-50-19-8-7-18-49(47)50/h4-8,16-19,39-40,43-44,51-61,66,90H,9-15,20-38,41-42H2,1-3H3,(H2,81,113)(H,86,91)(H,87,106)(H,92,105)(H,93,117)(H,94,119)(H,95,115)(H,96,122)(H,97,120)(H,98,121)(H,99,116)(H,100,114)(H,101,118)(H,107,108)(H,109,110)(H,111,112)(H4,82,83,88)(H4,84,85,89). The van der Waals surface area contributed by atoms with Crippen LogP contribution >= 0.6 is 0 Å². The second kappa shape index (κ2) is 49.0. The average molecular weight is 1730 g/mol. The van der Waals surface area contributed by atoms with Crippen molar-refractivity contribution >= 4 is 123 Å². The van der Waals surface area contributed by atoms with Crippen LogP contribution in [0.15, 0.2) is 73.3 Å². The number of nitrogens with zero attached hydrogens (tertiary/aromatic N) is 4. The Morgan fingerprint density at radius 1 is 0.581 bits per heavy atom. The van der Waals surface area contributed by atoms with E-state index in [4.69, 9.17) is 28.0 Å². The molecule has 0 spiro atoms. The number of imidazole rings is 1. The number of unbranched alkanes of at least 4 members (excludes halogenated alkanes) is 1. The molecule has 3 fully saturated rings. The van der Waals surface area contributed by atoms with Gasteiger partial charge in [-0.05, 0) is 126 Å². The number of para-hydroxylation sites is 1. The molecule has 44 heteroatoms. The molecule has 0 radical (unpaired) electrons. The van der Waals surface area contributed by atoms with Gasteiger partial charge in [0.25, 0.3) is 0 Å². The number of primary amides is 1. The van der Waals surface area contributed by atoms with Crippen molar-refractivity contribution in [3.63, 3.8) is 0 Å². The maximum Gasteiger partial charge on any atom is 0.317 e. The zero-order valence-electron chi connectivity index (χ0n) is 69.5. The number of aliphatic carboxylic acids is 3. The second-order valence-electron chi connectivity index (χ2n) is 31.2. The van der Waals surface area contributed by atoms with E-state index in [0.29, 0.717) is 27.7 Å². The molecule has 0 aliphatic carbocycles. The van der Waals surface area contributed by atoms with Gasteiger partial charge in [-0.1, -0.05) is 62.4 Å². The van der Waals surface area contributed by atoms with E-state index in [-0.39, 0.29) is 142 Å². The monoisotopic (exact) mass is 1730 g/mol. The van der Waals surface area contributed by atoms with E-state index in [9.17, 15) is 72.9 Å². The van der Waals surface area contributed by atoms with Crippen molar-refractivity contribution < 1.29 is 96.8 Å². The molecule has 3 aliphatic heterocycles. The predicted octanol–water partition coefficient (Wildman–Crippen LogP) is -4.37. The van der Waals surface area contributed by atoms with E-state index in [1.165, 1.54) is 29.2 Å². The molecule has 124 heavy (non-hydrogen) atoms. The van der Waals surface area contributed by atoms with Gasteiger partial charge in [0.05, 0.1) is 19.4 Å². The molecular formula is C80H116N24O20.